The molecule has 0 saturated heterocycles. The number of ketones is 1. The summed E-state index contributed by atoms with van der Waals surface area (Å²) < 4.78 is 11.1. The van der Waals surface area contributed by atoms with Gasteiger partial charge in [0.1, 0.15) is 17.3 Å². The van der Waals surface area contributed by atoms with E-state index in [9.17, 15) is 9.59 Å². The number of nitrogens with zero attached hydrogens (tertiary/aromatic N) is 1. The highest BCUT2D eigenvalue weighted by atomic mass is 16.5. The fraction of sp³-hybridized carbons (Fsp3) is 0.292. The number of hydrogen-bond acceptors (Lipinski definition) is 5. The smallest absolute Gasteiger partial charge is 0.211 e. The fourth-order valence-electron chi connectivity index (χ4n) is 3.27. The summed E-state index contributed by atoms with van der Waals surface area (Å²) in [5, 5.41) is 3.51. The summed E-state index contributed by atoms with van der Waals surface area (Å²) in [5.74, 6) is 1.55. The van der Waals surface area contributed by atoms with E-state index in [0.29, 0.717) is 37.4 Å². The number of amides is 1. The molecule has 3 aromatic rings. The van der Waals surface area contributed by atoms with Gasteiger partial charge in [0.2, 0.25) is 6.41 Å². The average molecular weight is 406 g/mol. The van der Waals surface area contributed by atoms with Gasteiger partial charge in [-0.15, -0.1) is 0 Å². The van der Waals surface area contributed by atoms with Crippen LogP contribution in [0.4, 0.5) is 5.69 Å². The Morgan fingerprint density at radius 1 is 1.13 bits per heavy atom. The van der Waals surface area contributed by atoms with Crippen molar-refractivity contribution < 1.29 is 19.1 Å². The number of pyridine rings is 1. The number of unbranched alkanes of at least 4 members (excludes halogenated alkanes) is 1. The highest BCUT2D eigenvalue weighted by Crippen LogP contribution is 2.32. The number of aromatic nitrogens is 1. The molecule has 0 aliphatic heterocycles. The number of Topliss-reactive ketones (excluding diaryl/α,β-unsaturated/α-hetero) is 1. The van der Waals surface area contributed by atoms with Crippen LogP contribution in [0.15, 0.2) is 48.7 Å². The number of hydrogen-bond donors (Lipinski definition) is 1. The van der Waals surface area contributed by atoms with Crippen molar-refractivity contribution in [3.05, 3.63) is 59.8 Å². The van der Waals surface area contributed by atoms with Crippen molar-refractivity contribution >= 4 is 28.8 Å². The average Bonchev–Trinajstić information content (AvgIpc) is 2.74. The molecule has 0 bridgehead atoms. The van der Waals surface area contributed by atoms with Gasteiger partial charge in [-0.25, -0.2) is 0 Å². The molecule has 30 heavy (non-hydrogen) atoms. The first-order chi connectivity index (χ1) is 14.6. The Morgan fingerprint density at radius 2 is 1.93 bits per heavy atom. The minimum atomic E-state index is 0.227. The Hall–Kier alpha value is -3.25. The number of carbonyl (C=O) groups excluding carboxylic acids is 2. The summed E-state index contributed by atoms with van der Waals surface area (Å²) >= 11 is 0. The minimum absolute atomic E-state index is 0.227. The van der Waals surface area contributed by atoms with Crippen molar-refractivity contribution in [3.8, 4) is 11.5 Å². The molecule has 0 fully saturated rings. The number of nitrogens with one attached hydrogen (secondary N) is 1. The van der Waals surface area contributed by atoms with Crippen LogP contribution >= 0.6 is 0 Å². The molecule has 1 N–H and O–H groups in total. The molecule has 0 aliphatic rings. The fourth-order valence-corrected chi connectivity index (χ4v) is 3.27. The Bertz CT molecular complexity index is 1020. The third-order valence-electron chi connectivity index (χ3n) is 4.87. The summed E-state index contributed by atoms with van der Waals surface area (Å²) in [6.45, 7) is 2.60. The van der Waals surface area contributed by atoms with Crippen LogP contribution in [0.2, 0.25) is 0 Å². The molecular weight excluding hydrogens is 380 g/mol. The van der Waals surface area contributed by atoms with Gasteiger partial charge in [0.15, 0.2) is 0 Å². The number of anilines is 1. The van der Waals surface area contributed by atoms with E-state index in [2.05, 4.69) is 10.3 Å². The predicted octanol–water partition coefficient (Wildman–Crippen LogP) is 4.83. The second-order valence-electron chi connectivity index (χ2n) is 7.17. The lowest BCUT2D eigenvalue weighted by molar-refractivity contribution is -0.118. The zero-order chi connectivity index (χ0) is 21.3. The third kappa shape index (κ3) is 5.64. The van der Waals surface area contributed by atoms with Crippen LogP contribution in [0.3, 0.4) is 0 Å². The Balaban J connectivity index is 1.69. The molecule has 1 amide bonds. The van der Waals surface area contributed by atoms with Gasteiger partial charge in [-0.1, -0.05) is 12.1 Å². The molecule has 0 atom stereocenters. The maximum atomic E-state index is 12.1. The van der Waals surface area contributed by atoms with E-state index in [1.807, 2.05) is 43.3 Å². The summed E-state index contributed by atoms with van der Waals surface area (Å²) in [7, 11) is 1.67. The molecule has 0 aliphatic carbocycles. The molecule has 0 unspecified atom stereocenters. The van der Waals surface area contributed by atoms with Gasteiger partial charge in [-0.05, 0) is 61.2 Å². The SMILES string of the molecule is COCCCCC(=O)Cc1ccc(Oc2ccnc3cc(C)c(NC=O)cc23)cc1. The van der Waals surface area contributed by atoms with Crippen LogP contribution in [-0.4, -0.2) is 30.9 Å². The largest absolute Gasteiger partial charge is 0.457 e. The molecule has 6 heteroatoms. The highest BCUT2D eigenvalue weighted by Gasteiger charge is 2.09. The predicted molar refractivity (Wildman–Crippen MR) is 117 cm³/mol. The first-order valence-corrected chi connectivity index (χ1v) is 9.97. The highest BCUT2D eigenvalue weighted by molar-refractivity contribution is 5.91. The van der Waals surface area contributed by atoms with Gasteiger partial charge in [0.05, 0.1) is 5.52 Å². The van der Waals surface area contributed by atoms with Crippen molar-refractivity contribution in [1.29, 1.82) is 0 Å². The number of aryl methyl sites for hydroxylation is 1. The quantitative estimate of drug-likeness (QED) is 0.364. The van der Waals surface area contributed by atoms with E-state index in [4.69, 9.17) is 9.47 Å². The van der Waals surface area contributed by atoms with Gasteiger partial charge < -0.3 is 14.8 Å². The zero-order valence-electron chi connectivity index (χ0n) is 17.3. The maximum Gasteiger partial charge on any atom is 0.211 e. The number of ether oxygens (including phenoxy) is 2. The van der Waals surface area contributed by atoms with E-state index < -0.39 is 0 Å². The lowest BCUT2D eigenvalue weighted by Crippen LogP contribution is -2.03. The summed E-state index contributed by atoms with van der Waals surface area (Å²) in [6.07, 6.45) is 5.10. The second-order valence-corrected chi connectivity index (χ2v) is 7.17. The summed E-state index contributed by atoms with van der Waals surface area (Å²) in [5.41, 5.74) is 3.40. The van der Waals surface area contributed by atoms with Gasteiger partial charge >= 0.3 is 0 Å². The van der Waals surface area contributed by atoms with Gasteiger partial charge in [0.25, 0.3) is 0 Å². The summed E-state index contributed by atoms with van der Waals surface area (Å²) in [4.78, 5) is 27.3. The van der Waals surface area contributed by atoms with Crippen molar-refractivity contribution in [2.24, 2.45) is 0 Å². The van der Waals surface area contributed by atoms with Crippen LogP contribution in [0.25, 0.3) is 10.9 Å². The first-order valence-electron chi connectivity index (χ1n) is 9.97. The van der Waals surface area contributed by atoms with E-state index in [0.717, 1.165) is 40.6 Å². The Labute approximate surface area is 176 Å². The maximum absolute atomic E-state index is 12.1. The molecule has 1 heterocycles. The van der Waals surface area contributed by atoms with Gasteiger partial charge in [0, 0.05) is 43.8 Å². The van der Waals surface area contributed by atoms with Crippen molar-refractivity contribution in [2.75, 3.05) is 19.0 Å². The normalized spacial score (nSPS) is 10.7. The number of carbonyl (C=O) groups is 2. The second kappa shape index (κ2) is 10.5. The van der Waals surface area contributed by atoms with E-state index in [1.54, 1.807) is 19.4 Å². The van der Waals surface area contributed by atoms with E-state index >= 15 is 0 Å². The molecule has 156 valence electrons. The molecule has 3 rings (SSSR count). The van der Waals surface area contributed by atoms with Crippen LogP contribution in [0.1, 0.15) is 30.4 Å². The van der Waals surface area contributed by atoms with Crippen LogP contribution in [0, 0.1) is 6.92 Å². The number of benzene rings is 2. The van der Waals surface area contributed by atoms with E-state index in [1.165, 1.54) is 0 Å². The number of methoxy groups -OCH3 is 1. The Morgan fingerprint density at radius 3 is 2.67 bits per heavy atom. The van der Waals surface area contributed by atoms with Crippen LogP contribution < -0.4 is 10.1 Å². The van der Waals surface area contributed by atoms with Crippen molar-refractivity contribution in [3.63, 3.8) is 0 Å². The third-order valence-corrected chi connectivity index (χ3v) is 4.87. The molecule has 0 radical (unpaired) electrons. The monoisotopic (exact) mass is 406 g/mol. The molecule has 0 saturated carbocycles. The van der Waals surface area contributed by atoms with E-state index in [-0.39, 0.29) is 5.78 Å². The van der Waals surface area contributed by atoms with Gasteiger partial charge in [-0.3, -0.25) is 14.6 Å². The van der Waals surface area contributed by atoms with Crippen molar-refractivity contribution in [2.45, 2.75) is 32.6 Å². The molecule has 6 nitrogen and oxygen atoms in total. The lowest BCUT2D eigenvalue weighted by Gasteiger charge is -2.12. The summed E-state index contributed by atoms with van der Waals surface area (Å²) in [6, 6.07) is 13.1. The van der Waals surface area contributed by atoms with Crippen LogP contribution in [0.5, 0.6) is 11.5 Å². The van der Waals surface area contributed by atoms with Gasteiger partial charge in [-0.2, -0.15) is 0 Å². The molecule has 2 aromatic carbocycles. The van der Waals surface area contributed by atoms with Crippen LogP contribution in [-0.2, 0) is 20.7 Å². The van der Waals surface area contributed by atoms with Crippen molar-refractivity contribution in [1.82, 2.24) is 4.98 Å². The first kappa shape index (κ1) is 21.5. The molecule has 1 aromatic heterocycles. The molecular formula is C24H26N2O4. The Kier molecular flexibility index (Phi) is 7.51. The topological polar surface area (TPSA) is 77.5 Å². The standard InChI is InChI=1S/C24H26N2O4/c1-17-13-23-21(15-22(17)26-16-27)24(10-11-25-23)30-20-8-6-18(7-9-20)14-19(28)5-3-4-12-29-2/h6-11,13,15-16H,3-5,12,14H2,1-2H3,(H,26,27). The lowest BCUT2D eigenvalue weighted by atomic mass is 10.0. The zero-order valence-corrected chi connectivity index (χ0v) is 17.3. The molecule has 0 spiro atoms. The number of fused-ring (bicyclic) bond motifs is 1. The minimum Gasteiger partial charge on any atom is -0.457 e. The number of rotatable bonds is 11.